The van der Waals surface area contributed by atoms with E-state index < -0.39 is 44.8 Å². The summed E-state index contributed by atoms with van der Waals surface area (Å²) in [5.74, 6) is -0.815. The van der Waals surface area contributed by atoms with E-state index in [-0.39, 0.29) is 0 Å². The zero-order valence-corrected chi connectivity index (χ0v) is 10.5. The van der Waals surface area contributed by atoms with Gasteiger partial charge in [0.2, 0.25) is 0 Å². The Balaban J connectivity index is 3.10. The van der Waals surface area contributed by atoms with E-state index in [1.807, 2.05) is 0 Å². The van der Waals surface area contributed by atoms with Crippen LogP contribution < -0.4 is 0 Å². The lowest BCUT2D eigenvalue weighted by molar-refractivity contribution is -0.0581. The molecule has 1 unspecified atom stereocenters. The fraction of sp³-hybridized carbons (Fsp3) is 0.333. The van der Waals surface area contributed by atoms with Crippen LogP contribution in [0.2, 0.25) is 5.02 Å². The monoisotopic (exact) mass is 324 g/mol. The summed E-state index contributed by atoms with van der Waals surface area (Å²) in [5, 5.41) is -0.444. The van der Waals surface area contributed by atoms with Crippen LogP contribution in [0.4, 0.5) is 22.0 Å². The van der Waals surface area contributed by atoms with Crippen molar-refractivity contribution in [3.63, 3.8) is 0 Å². The third-order valence-corrected chi connectivity index (χ3v) is 3.36. The van der Waals surface area contributed by atoms with Crippen LogP contribution in [0, 0.1) is 5.82 Å². The van der Waals surface area contributed by atoms with Gasteiger partial charge in [0, 0.05) is 10.6 Å². The zero-order valence-electron chi connectivity index (χ0n) is 8.92. The van der Waals surface area contributed by atoms with Crippen LogP contribution in [0.25, 0.3) is 0 Å². The average molecular weight is 325 g/mol. The van der Waals surface area contributed by atoms with Gasteiger partial charge in [0.1, 0.15) is 18.6 Å². The number of hydrogen-bond donors (Lipinski definition) is 0. The lowest BCUT2D eigenvalue weighted by Crippen LogP contribution is -2.28. The molecule has 1 aromatic carbocycles. The standard InChI is InChI=1S/C9H6ClF5O3S/c10-7-3-5(12)1-2-6(7)8(4-11)18-19(16,17)9(13,14)15/h1-3,8H,4H2. The highest BCUT2D eigenvalue weighted by molar-refractivity contribution is 7.87. The summed E-state index contributed by atoms with van der Waals surface area (Å²) in [5.41, 5.74) is -6.09. The van der Waals surface area contributed by atoms with E-state index in [2.05, 4.69) is 4.18 Å². The molecule has 0 heterocycles. The van der Waals surface area contributed by atoms with E-state index in [4.69, 9.17) is 11.6 Å². The number of hydrogen-bond acceptors (Lipinski definition) is 3. The van der Waals surface area contributed by atoms with Crippen molar-refractivity contribution in [1.82, 2.24) is 0 Å². The van der Waals surface area contributed by atoms with Crippen LogP contribution in [-0.4, -0.2) is 20.6 Å². The molecular formula is C9H6ClF5O3S. The molecule has 0 spiro atoms. The van der Waals surface area contributed by atoms with Gasteiger partial charge in [-0.2, -0.15) is 21.6 Å². The predicted molar refractivity (Wildman–Crippen MR) is 56.2 cm³/mol. The second-order valence-corrected chi connectivity index (χ2v) is 5.28. The maximum atomic E-state index is 12.7. The molecule has 0 aliphatic rings. The first-order valence-corrected chi connectivity index (χ1v) is 6.37. The second kappa shape index (κ2) is 5.59. The first-order valence-electron chi connectivity index (χ1n) is 4.59. The highest BCUT2D eigenvalue weighted by atomic mass is 35.5. The number of alkyl halides is 4. The van der Waals surface area contributed by atoms with Crippen molar-refractivity contribution < 1.29 is 34.6 Å². The quantitative estimate of drug-likeness (QED) is 0.484. The Morgan fingerprint density at radius 3 is 2.32 bits per heavy atom. The Kier molecular flexibility index (Phi) is 4.75. The first-order chi connectivity index (χ1) is 8.58. The van der Waals surface area contributed by atoms with Crippen molar-refractivity contribution in [2.75, 3.05) is 6.67 Å². The average Bonchev–Trinajstić information content (AvgIpc) is 2.25. The Bertz CT molecular complexity index is 557. The molecule has 108 valence electrons. The summed E-state index contributed by atoms with van der Waals surface area (Å²) in [4.78, 5) is 0. The minimum Gasteiger partial charge on any atom is -0.252 e. The van der Waals surface area contributed by atoms with Crippen LogP contribution in [0.1, 0.15) is 11.7 Å². The molecule has 10 heteroatoms. The minimum absolute atomic E-state index is 0.404. The molecule has 0 N–H and O–H groups in total. The molecule has 0 saturated heterocycles. The summed E-state index contributed by atoms with van der Waals surface area (Å²) < 4.78 is 86.8. The van der Waals surface area contributed by atoms with Crippen molar-refractivity contribution >= 4 is 21.7 Å². The molecule has 0 amide bonds. The summed E-state index contributed by atoms with van der Waals surface area (Å²) in [7, 11) is -5.98. The largest absolute Gasteiger partial charge is 0.523 e. The van der Waals surface area contributed by atoms with Gasteiger partial charge in [0.05, 0.1) is 0 Å². The van der Waals surface area contributed by atoms with E-state index in [0.717, 1.165) is 12.1 Å². The molecule has 0 aromatic heterocycles. The Morgan fingerprint density at radius 1 is 1.32 bits per heavy atom. The van der Waals surface area contributed by atoms with E-state index in [9.17, 15) is 30.4 Å². The van der Waals surface area contributed by atoms with Crippen LogP contribution in [0.5, 0.6) is 0 Å². The topological polar surface area (TPSA) is 43.4 Å². The van der Waals surface area contributed by atoms with Crippen molar-refractivity contribution in [2.45, 2.75) is 11.6 Å². The molecule has 1 aromatic rings. The smallest absolute Gasteiger partial charge is 0.252 e. The summed E-state index contributed by atoms with van der Waals surface area (Å²) in [6.07, 6.45) is -2.10. The maximum absolute atomic E-state index is 12.7. The molecule has 19 heavy (non-hydrogen) atoms. The van der Waals surface area contributed by atoms with Crippen molar-refractivity contribution in [1.29, 1.82) is 0 Å². The Morgan fingerprint density at radius 2 is 1.89 bits per heavy atom. The second-order valence-electron chi connectivity index (χ2n) is 3.30. The molecule has 0 aliphatic heterocycles. The van der Waals surface area contributed by atoms with Gasteiger partial charge in [-0.3, -0.25) is 4.18 Å². The number of halogens is 6. The number of benzene rings is 1. The molecule has 0 radical (unpaired) electrons. The molecule has 0 saturated carbocycles. The summed E-state index contributed by atoms with van der Waals surface area (Å²) >= 11 is 5.48. The third-order valence-electron chi connectivity index (χ3n) is 1.98. The van der Waals surface area contributed by atoms with Gasteiger partial charge in [0.25, 0.3) is 0 Å². The van der Waals surface area contributed by atoms with E-state index in [0.29, 0.717) is 6.07 Å². The zero-order chi connectivity index (χ0) is 14.8. The van der Waals surface area contributed by atoms with E-state index >= 15 is 0 Å². The molecule has 3 nitrogen and oxygen atoms in total. The predicted octanol–water partition coefficient (Wildman–Crippen LogP) is 3.36. The van der Waals surface area contributed by atoms with Gasteiger partial charge in [-0.25, -0.2) is 8.78 Å². The van der Waals surface area contributed by atoms with Gasteiger partial charge in [0.15, 0.2) is 0 Å². The van der Waals surface area contributed by atoms with Gasteiger partial charge >= 0.3 is 15.6 Å². The Labute approximate surface area is 110 Å². The molecule has 0 fully saturated rings. The molecule has 1 atom stereocenters. The van der Waals surface area contributed by atoms with Gasteiger partial charge < -0.3 is 0 Å². The summed E-state index contributed by atoms with van der Waals surface area (Å²) in [6, 6.07) is 2.32. The first kappa shape index (κ1) is 16.1. The van der Waals surface area contributed by atoms with Crippen LogP contribution >= 0.6 is 11.6 Å². The SMILES string of the molecule is O=S(=O)(OC(CF)c1ccc(F)cc1Cl)C(F)(F)F. The lowest BCUT2D eigenvalue weighted by Gasteiger charge is -2.17. The maximum Gasteiger partial charge on any atom is 0.523 e. The van der Waals surface area contributed by atoms with Gasteiger partial charge in [-0.15, -0.1) is 0 Å². The normalized spacial score (nSPS) is 14.4. The minimum atomic E-state index is -5.98. The molecular weight excluding hydrogens is 319 g/mol. The fourth-order valence-corrected chi connectivity index (χ4v) is 1.99. The van der Waals surface area contributed by atoms with Gasteiger partial charge in [-0.05, 0) is 12.1 Å². The van der Waals surface area contributed by atoms with Gasteiger partial charge in [-0.1, -0.05) is 17.7 Å². The van der Waals surface area contributed by atoms with Crippen LogP contribution in [0.15, 0.2) is 18.2 Å². The highest BCUT2D eigenvalue weighted by Crippen LogP contribution is 2.33. The van der Waals surface area contributed by atoms with E-state index in [1.54, 1.807) is 0 Å². The lowest BCUT2D eigenvalue weighted by atomic mass is 10.1. The third kappa shape index (κ3) is 3.77. The summed E-state index contributed by atoms with van der Waals surface area (Å²) in [6.45, 7) is -1.58. The Hall–Kier alpha value is -0.930. The molecule has 0 aliphatic carbocycles. The molecule has 0 bridgehead atoms. The highest BCUT2D eigenvalue weighted by Gasteiger charge is 2.49. The van der Waals surface area contributed by atoms with Crippen LogP contribution in [0.3, 0.4) is 0 Å². The fourth-order valence-electron chi connectivity index (χ4n) is 1.13. The van der Waals surface area contributed by atoms with E-state index in [1.165, 1.54) is 0 Å². The number of rotatable bonds is 4. The van der Waals surface area contributed by atoms with Crippen molar-refractivity contribution in [3.8, 4) is 0 Å². The molecule has 1 rings (SSSR count). The van der Waals surface area contributed by atoms with Crippen molar-refractivity contribution in [3.05, 3.63) is 34.6 Å². The van der Waals surface area contributed by atoms with Crippen molar-refractivity contribution in [2.24, 2.45) is 0 Å². The van der Waals surface area contributed by atoms with Crippen LogP contribution in [-0.2, 0) is 14.3 Å².